The van der Waals surface area contributed by atoms with Gasteiger partial charge < -0.3 is 58.5 Å². The van der Waals surface area contributed by atoms with Gasteiger partial charge in [-0.3, -0.25) is 0 Å². The Labute approximate surface area is 343 Å². The molecule has 0 fully saturated rings. The van der Waals surface area contributed by atoms with Gasteiger partial charge in [0.05, 0.1) is 17.7 Å². The van der Waals surface area contributed by atoms with Crippen molar-refractivity contribution < 1.29 is 72.2 Å². The molecule has 3 heterocycles. The highest BCUT2D eigenvalue weighted by Crippen LogP contribution is 2.39. The van der Waals surface area contributed by atoms with Crippen LogP contribution >= 0.6 is 0 Å². The van der Waals surface area contributed by atoms with E-state index in [-0.39, 0.29) is 24.0 Å². The number of halogens is 9. The van der Waals surface area contributed by atoms with Gasteiger partial charge in [0, 0.05) is 42.2 Å². The number of hydrogen-bond acceptors (Lipinski definition) is 0. The summed E-state index contributed by atoms with van der Waals surface area (Å²) in [6.45, 7) is 8.88. The lowest BCUT2D eigenvalue weighted by Crippen LogP contribution is -3.00. The fourth-order valence-corrected chi connectivity index (χ4v) is 6.87. The van der Waals surface area contributed by atoms with Gasteiger partial charge in [0.1, 0.15) is 13.1 Å². The first-order valence-corrected chi connectivity index (χ1v) is 19.2. The van der Waals surface area contributed by atoms with E-state index in [0.717, 1.165) is 25.9 Å². The van der Waals surface area contributed by atoms with E-state index in [4.69, 9.17) is 0 Å². The van der Waals surface area contributed by atoms with Crippen LogP contribution in [0.5, 0.6) is 0 Å². The fraction of sp³-hybridized carbons (Fsp3) is 0.357. The lowest BCUT2D eigenvalue weighted by atomic mass is 9.83. The van der Waals surface area contributed by atoms with E-state index in [1.807, 2.05) is 0 Å². The minimum absolute atomic E-state index is 0. The maximum Gasteiger partial charge on any atom is 0.673 e. The van der Waals surface area contributed by atoms with Crippen LogP contribution in [0.3, 0.4) is 0 Å². The topological polar surface area (TPSA) is 11.6 Å². The SMILES string of the molecule is CCCCCC[n+]1ccc(-c2cc(-c3ccc(C)cc3)[n+](-c3cc[n+](CCCCCC)cc3)c3c2CCc2ccccc2-3)cc1.F[B-](F)(F)F.F[B-](F)(F)F.[I-]. The summed E-state index contributed by atoms with van der Waals surface area (Å²) in [5.74, 6) is 0. The van der Waals surface area contributed by atoms with Gasteiger partial charge in [-0.15, -0.1) is 0 Å². The minimum atomic E-state index is -6.00. The second-order valence-electron chi connectivity index (χ2n) is 13.9. The van der Waals surface area contributed by atoms with Crippen molar-refractivity contribution in [3.05, 3.63) is 120 Å². The van der Waals surface area contributed by atoms with Crippen molar-refractivity contribution in [2.24, 2.45) is 0 Å². The van der Waals surface area contributed by atoms with E-state index >= 15 is 0 Å². The Hall–Kier alpha value is -3.81. The molecule has 56 heavy (non-hydrogen) atoms. The van der Waals surface area contributed by atoms with E-state index in [1.54, 1.807) is 0 Å². The molecular weight excluding hydrogens is 847 g/mol. The number of fused-ring (bicyclic) bond motifs is 3. The lowest BCUT2D eigenvalue weighted by molar-refractivity contribution is -0.698. The second-order valence-corrected chi connectivity index (χ2v) is 13.9. The summed E-state index contributed by atoms with van der Waals surface area (Å²) in [5, 5.41) is 0. The Morgan fingerprint density at radius 1 is 0.554 bits per heavy atom. The summed E-state index contributed by atoms with van der Waals surface area (Å²) in [6, 6.07) is 29.9. The monoisotopic (exact) mass is 897 g/mol. The van der Waals surface area contributed by atoms with Crippen LogP contribution in [-0.2, 0) is 25.9 Å². The van der Waals surface area contributed by atoms with E-state index in [2.05, 4.69) is 138 Å². The molecule has 3 nitrogen and oxygen atoms in total. The normalized spacial score (nSPS) is 11.9. The highest BCUT2D eigenvalue weighted by molar-refractivity contribution is 6.50. The number of benzene rings is 2. The van der Waals surface area contributed by atoms with Gasteiger partial charge in [-0.05, 0) is 67.5 Å². The zero-order valence-corrected chi connectivity index (χ0v) is 34.4. The fourth-order valence-electron chi connectivity index (χ4n) is 6.87. The first-order valence-electron chi connectivity index (χ1n) is 19.2. The van der Waals surface area contributed by atoms with E-state index in [0.29, 0.717) is 0 Å². The van der Waals surface area contributed by atoms with E-state index < -0.39 is 14.5 Å². The number of aryl methyl sites for hydroxylation is 4. The van der Waals surface area contributed by atoms with Gasteiger partial charge in [0.25, 0.3) is 0 Å². The lowest BCUT2D eigenvalue weighted by Gasteiger charge is -2.22. The van der Waals surface area contributed by atoms with Crippen LogP contribution < -0.4 is 37.7 Å². The van der Waals surface area contributed by atoms with Gasteiger partial charge in [-0.25, -0.2) is 9.13 Å². The molecule has 0 bridgehead atoms. The molecule has 0 saturated carbocycles. The quantitative estimate of drug-likeness (QED) is 0.0369. The molecule has 5 aromatic rings. The summed E-state index contributed by atoms with van der Waals surface area (Å²) in [6.07, 6.45) is 21.5. The molecule has 302 valence electrons. The van der Waals surface area contributed by atoms with Crippen molar-refractivity contribution in [3.63, 3.8) is 0 Å². The largest absolute Gasteiger partial charge is 1.00 e. The molecule has 0 unspecified atom stereocenters. The average molecular weight is 897 g/mol. The molecule has 0 N–H and O–H groups in total. The highest BCUT2D eigenvalue weighted by atomic mass is 127. The summed E-state index contributed by atoms with van der Waals surface area (Å²) in [7, 11) is -12.0. The Morgan fingerprint density at radius 2 is 1.05 bits per heavy atom. The molecule has 1 aliphatic rings. The van der Waals surface area contributed by atoms with Gasteiger partial charge in [-0.1, -0.05) is 75.4 Å². The van der Waals surface area contributed by atoms with Crippen molar-refractivity contribution in [1.82, 2.24) is 0 Å². The van der Waals surface area contributed by atoms with Gasteiger partial charge >= 0.3 is 14.5 Å². The smallest absolute Gasteiger partial charge is 0.673 e. The molecule has 3 aromatic heterocycles. The summed E-state index contributed by atoms with van der Waals surface area (Å²) in [4.78, 5) is 0. The van der Waals surface area contributed by atoms with Crippen molar-refractivity contribution in [2.45, 2.75) is 98.1 Å². The van der Waals surface area contributed by atoms with Crippen LogP contribution in [-0.4, -0.2) is 14.5 Å². The Balaban J connectivity index is 0.000000682. The molecule has 14 heteroatoms. The summed E-state index contributed by atoms with van der Waals surface area (Å²) < 4.78 is 85.2. The first kappa shape index (κ1) is 46.6. The van der Waals surface area contributed by atoms with Gasteiger partial charge in [-0.2, -0.15) is 4.57 Å². The third-order valence-electron chi connectivity index (χ3n) is 9.49. The van der Waals surface area contributed by atoms with Crippen LogP contribution in [0.4, 0.5) is 34.5 Å². The van der Waals surface area contributed by atoms with Gasteiger partial charge in [0.2, 0.25) is 17.1 Å². The summed E-state index contributed by atoms with van der Waals surface area (Å²) >= 11 is 0. The number of nitrogens with zero attached hydrogens (tertiary/aromatic N) is 3. The van der Waals surface area contributed by atoms with Crippen molar-refractivity contribution in [2.75, 3.05) is 0 Å². The zero-order chi connectivity index (χ0) is 40.0. The number of unbranched alkanes of at least 4 members (excludes halogenated alkanes) is 6. The second kappa shape index (κ2) is 22.2. The van der Waals surface area contributed by atoms with Crippen LogP contribution in [0.2, 0.25) is 0 Å². The van der Waals surface area contributed by atoms with Crippen LogP contribution in [0.25, 0.3) is 39.3 Å². The maximum atomic E-state index is 9.75. The molecular formula is C42H50B2F8IN3. The molecule has 1 aliphatic carbocycles. The van der Waals surface area contributed by atoms with Crippen LogP contribution in [0.1, 0.15) is 81.9 Å². The van der Waals surface area contributed by atoms with E-state index in [1.165, 1.54) is 107 Å². The average Bonchev–Trinajstić information content (AvgIpc) is 3.14. The Bertz CT molecular complexity index is 1910. The molecule has 0 aliphatic heterocycles. The third kappa shape index (κ3) is 14.9. The predicted octanol–water partition coefficient (Wildman–Crippen LogP) is 8.71. The molecule has 0 radical (unpaired) electrons. The number of rotatable bonds is 13. The maximum absolute atomic E-state index is 9.75. The summed E-state index contributed by atoms with van der Waals surface area (Å²) in [5.41, 5.74) is 13.2. The standard InChI is InChI=1S/C42H50N3.2BF4.HI/c1-4-6-8-12-26-43-28-22-35(23-29-43)40-32-41(36-18-16-33(3)17-19-36)45(37-24-30-44(31-25-37)27-13-9-7-5-2)42-38-15-11-10-14-34(38)20-21-39(40)42;2*2-1(3,4)5;/h10-11,14-19,22-25,28-32H,4-9,12-13,20-21,26-27H2,1-3H3;;;1H/q+3;2*-1;/p-1. The van der Waals surface area contributed by atoms with Crippen molar-refractivity contribution in [1.29, 1.82) is 0 Å². The van der Waals surface area contributed by atoms with E-state index in [9.17, 15) is 34.5 Å². The highest BCUT2D eigenvalue weighted by Gasteiger charge is 2.34. The molecule has 6 rings (SSSR count). The molecule has 0 amide bonds. The molecule has 0 atom stereocenters. The first-order chi connectivity index (χ1) is 26.2. The van der Waals surface area contributed by atoms with Gasteiger partial charge in [0.15, 0.2) is 24.8 Å². The molecule has 2 aromatic carbocycles. The van der Waals surface area contributed by atoms with Crippen LogP contribution in [0, 0.1) is 6.92 Å². The number of hydrogen-bond donors (Lipinski definition) is 0. The molecule has 0 spiro atoms. The van der Waals surface area contributed by atoms with Crippen LogP contribution in [0.15, 0.2) is 104 Å². The number of pyridine rings is 3. The molecule has 0 saturated heterocycles. The number of aromatic nitrogens is 3. The predicted molar refractivity (Wildman–Crippen MR) is 205 cm³/mol. The Kier molecular flexibility index (Phi) is 18.5. The third-order valence-corrected chi connectivity index (χ3v) is 9.49. The van der Waals surface area contributed by atoms with Crippen molar-refractivity contribution >= 4 is 14.5 Å². The van der Waals surface area contributed by atoms with Crippen molar-refractivity contribution in [3.8, 4) is 39.3 Å². The minimum Gasteiger partial charge on any atom is -1.00 e. The Morgan fingerprint density at radius 3 is 1.57 bits per heavy atom. The zero-order valence-electron chi connectivity index (χ0n) is 32.2.